The van der Waals surface area contributed by atoms with Crippen LogP contribution in [0, 0.1) is 0 Å². The van der Waals surface area contributed by atoms with Gasteiger partial charge < -0.3 is 26.8 Å². The number of hydrogen-bond donors (Lipinski definition) is 0. The van der Waals surface area contributed by atoms with Crippen LogP contribution in [-0.2, 0) is 46.4 Å². The Morgan fingerprint density at radius 3 is 1.02 bits per heavy atom. The first-order chi connectivity index (χ1) is 21.8. The molecule has 1 aromatic rings. The van der Waals surface area contributed by atoms with Crippen LogP contribution in [0.15, 0.2) is 14.4 Å². The van der Waals surface area contributed by atoms with E-state index in [1.165, 1.54) is 36.1 Å². The van der Waals surface area contributed by atoms with Crippen molar-refractivity contribution in [2.24, 2.45) is 0 Å². The fourth-order valence-electron chi connectivity index (χ4n) is 3.49. The van der Waals surface area contributed by atoms with Crippen LogP contribution in [0.3, 0.4) is 0 Å². The highest BCUT2D eigenvalue weighted by Gasteiger charge is 2.17. The maximum absolute atomic E-state index is 13.2. The standard InChI is InChI=1S/C27H45N3O9S6/c1-4-7-10-19-43-37-25(40)34-16-13-28-22(31)29(14-17-35-26(41)38-44-20-11-8-5-2)24(33)30(23(28)32)15-18-36-27(42)39-45-21-12-9-6-3/h4-21H2,1-3H3. The first-order valence-electron chi connectivity index (χ1n) is 15.1. The third-order valence-electron chi connectivity index (χ3n) is 5.86. The smallest absolute Gasteiger partial charge is 0.364 e. The molecule has 0 spiro atoms. The Kier molecular flexibility index (Phi) is 24.5. The molecule has 0 aliphatic carbocycles. The van der Waals surface area contributed by atoms with E-state index in [0.717, 1.165) is 88.7 Å². The zero-order valence-electron chi connectivity index (χ0n) is 26.2. The minimum absolute atomic E-state index is 0.109. The van der Waals surface area contributed by atoms with Crippen molar-refractivity contribution in [3.05, 3.63) is 31.5 Å². The summed E-state index contributed by atoms with van der Waals surface area (Å²) >= 11 is 18.8. The quantitative estimate of drug-likeness (QED) is 0.0736. The van der Waals surface area contributed by atoms with Gasteiger partial charge in [-0.25, -0.2) is 28.1 Å². The first kappa shape index (κ1) is 41.6. The molecule has 0 aliphatic heterocycles. The van der Waals surface area contributed by atoms with E-state index >= 15 is 0 Å². The van der Waals surface area contributed by atoms with E-state index in [4.69, 9.17) is 63.4 Å². The number of rotatable bonds is 24. The molecule has 0 aromatic carbocycles. The van der Waals surface area contributed by atoms with E-state index in [2.05, 4.69) is 20.8 Å². The van der Waals surface area contributed by atoms with Crippen molar-refractivity contribution in [1.29, 1.82) is 0 Å². The molecule has 12 nitrogen and oxygen atoms in total. The number of hydrogen-bond acceptors (Lipinski definition) is 15. The molecule has 0 fully saturated rings. The first-order valence-corrected chi connectivity index (χ1v) is 19.0. The van der Waals surface area contributed by atoms with Crippen molar-refractivity contribution < 1.29 is 26.8 Å². The maximum atomic E-state index is 13.2. The summed E-state index contributed by atoms with van der Waals surface area (Å²) in [5.41, 5.74) is -2.50. The highest BCUT2D eigenvalue weighted by atomic mass is 32.2. The molecule has 1 rings (SSSR count). The van der Waals surface area contributed by atoms with E-state index in [1.54, 1.807) is 0 Å². The molecule has 1 heterocycles. The van der Waals surface area contributed by atoms with Crippen LogP contribution < -0.4 is 17.1 Å². The topological polar surface area (TPSA) is 121 Å². The highest BCUT2D eigenvalue weighted by molar-refractivity contribution is 7.96. The molecule has 0 radical (unpaired) electrons. The summed E-state index contributed by atoms with van der Waals surface area (Å²) in [4.78, 5) is 39.7. The molecule has 18 heteroatoms. The molecule has 0 unspecified atom stereocenters. The van der Waals surface area contributed by atoms with Crippen molar-refractivity contribution in [2.75, 3.05) is 37.1 Å². The summed E-state index contributed by atoms with van der Waals surface area (Å²) in [6.07, 6.45) is 9.46. The Morgan fingerprint density at radius 2 is 0.778 bits per heavy atom. The van der Waals surface area contributed by atoms with Gasteiger partial charge in [0.2, 0.25) is 0 Å². The van der Waals surface area contributed by atoms with Crippen LogP contribution in [-0.4, -0.2) is 66.5 Å². The molecule has 0 bridgehead atoms. The van der Waals surface area contributed by atoms with Crippen molar-refractivity contribution in [3.8, 4) is 0 Å². The Bertz CT molecular complexity index is 1020. The van der Waals surface area contributed by atoms with Crippen molar-refractivity contribution in [2.45, 2.75) is 98.2 Å². The van der Waals surface area contributed by atoms with E-state index in [1.807, 2.05) is 0 Å². The van der Waals surface area contributed by atoms with Gasteiger partial charge >= 0.3 is 32.8 Å². The Labute approximate surface area is 294 Å². The summed E-state index contributed by atoms with van der Waals surface area (Å²) in [7, 11) is 0. The van der Waals surface area contributed by atoms with Crippen molar-refractivity contribution in [1.82, 2.24) is 13.7 Å². The number of thiocarbonyl (C=S) groups is 3. The van der Waals surface area contributed by atoms with Gasteiger partial charge in [-0.3, -0.25) is 0 Å². The van der Waals surface area contributed by atoms with E-state index in [9.17, 15) is 14.4 Å². The zero-order chi connectivity index (χ0) is 33.3. The average molecular weight is 748 g/mol. The van der Waals surface area contributed by atoms with Crippen LogP contribution in [0.4, 0.5) is 0 Å². The highest BCUT2D eigenvalue weighted by Crippen LogP contribution is 2.11. The lowest BCUT2D eigenvalue weighted by Crippen LogP contribution is -2.55. The van der Waals surface area contributed by atoms with Gasteiger partial charge in [0, 0.05) is 53.9 Å². The van der Waals surface area contributed by atoms with Crippen LogP contribution in [0.25, 0.3) is 0 Å². The SMILES string of the molecule is CCCCCSOC(=S)OCCn1c(=O)n(CCOC(=S)OSCCCCC)c(=O)n(CCOC(=S)OSCCCCC)c1=O. The second kappa shape index (κ2) is 26.6. The Balaban J connectivity index is 2.89. The summed E-state index contributed by atoms with van der Waals surface area (Å²) in [6.45, 7) is 5.38. The van der Waals surface area contributed by atoms with Gasteiger partial charge in [-0.2, -0.15) is 0 Å². The van der Waals surface area contributed by atoms with Gasteiger partial charge in [0.15, 0.2) is 0 Å². The van der Waals surface area contributed by atoms with Gasteiger partial charge in [0.25, 0.3) is 0 Å². The van der Waals surface area contributed by atoms with E-state index in [-0.39, 0.29) is 55.2 Å². The fourth-order valence-corrected chi connectivity index (χ4v) is 5.82. The lowest BCUT2D eigenvalue weighted by Gasteiger charge is -2.15. The monoisotopic (exact) mass is 747 g/mol. The molecule has 0 saturated heterocycles. The maximum Gasteiger partial charge on any atom is 0.364 e. The van der Waals surface area contributed by atoms with Crippen molar-refractivity contribution in [3.63, 3.8) is 0 Å². The predicted molar refractivity (Wildman–Crippen MR) is 194 cm³/mol. The molecule has 1 aromatic heterocycles. The second-order valence-corrected chi connectivity index (χ2v) is 12.9. The molecular formula is C27H45N3O9S6. The lowest BCUT2D eigenvalue weighted by atomic mass is 10.3. The van der Waals surface area contributed by atoms with Crippen molar-refractivity contribution >= 4 is 88.5 Å². The molecule has 0 amide bonds. The minimum Gasteiger partial charge on any atom is -0.454 e. The van der Waals surface area contributed by atoms with Gasteiger partial charge in [-0.05, 0) is 19.3 Å². The van der Waals surface area contributed by atoms with Crippen LogP contribution in [0.1, 0.15) is 78.6 Å². The summed E-state index contributed by atoms with van der Waals surface area (Å²) in [5, 5.41) is -0.327. The molecular weight excluding hydrogens is 703 g/mol. The minimum atomic E-state index is -0.835. The number of aromatic nitrogens is 3. The average Bonchev–Trinajstić information content (AvgIpc) is 3.01. The zero-order valence-corrected chi connectivity index (χ0v) is 31.1. The fraction of sp³-hybridized carbons (Fsp3) is 0.778. The van der Waals surface area contributed by atoms with Gasteiger partial charge in [0.1, 0.15) is 19.8 Å². The van der Waals surface area contributed by atoms with Gasteiger partial charge in [-0.15, -0.1) is 0 Å². The number of ether oxygens (including phenoxy) is 3. The van der Waals surface area contributed by atoms with Crippen LogP contribution in [0.2, 0.25) is 0 Å². The normalized spacial score (nSPS) is 10.7. The Hall–Kier alpha value is -1.47. The molecule has 45 heavy (non-hydrogen) atoms. The molecule has 0 atom stereocenters. The number of nitrogens with zero attached hydrogens (tertiary/aromatic N) is 3. The van der Waals surface area contributed by atoms with Gasteiger partial charge in [-0.1, -0.05) is 59.3 Å². The lowest BCUT2D eigenvalue weighted by molar-refractivity contribution is 0.218. The van der Waals surface area contributed by atoms with E-state index < -0.39 is 17.1 Å². The molecule has 258 valence electrons. The molecule has 0 N–H and O–H groups in total. The predicted octanol–water partition coefficient (Wildman–Crippen LogP) is 5.64. The van der Waals surface area contributed by atoms with E-state index in [0.29, 0.717) is 0 Å². The molecule has 0 aliphatic rings. The summed E-state index contributed by atoms with van der Waals surface area (Å²) in [5.74, 6) is 2.28. The third-order valence-corrected chi connectivity index (χ3v) is 8.96. The molecule has 0 saturated carbocycles. The van der Waals surface area contributed by atoms with Crippen LogP contribution in [0.5, 0.6) is 0 Å². The van der Waals surface area contributed by atoms with Gasteiger partial charge in [0.05, 0.1) is 55.8 Å². The third kappa shape index (κ3) is 18.5. The number of unbranched alkanes of at least 4 members (excludes halogenated alkanes) is 6. The second-order valence-electron chi connectivity index (χ2n) is 9.44. The van der Waals surface area contributed by atoms with Crippen LogP contribution >= 0.6 is 72.8 Å². The largest absolute Gasteiger partial charge is 0.454 e. The Morgan fingerprint density at radius 1 is 0.511 bits per heavy atom. The summed E-state index contributed by atoms with van der Waals surface area (Å²) in [6, 6.07) is 0. The summed E-state index contributed by atoms with van der Waals surface area (Å²) < 4.78 is 34.8.